The van der Waals surface area contributed by atoms with Crippen molar-refractivity contribution in [3.05, 3.63) is 28.2 Å². The van der Waals surface area contributed by atoms with Crippen LogP contribution in [0.15, 0.2) is 22.7 Å². The average Bonchev–Trinajstić information content (AvgIpc) is 2.30. The van der Waals surface area contributed by atoms with Gasteiger partial charge in [0.25, 0.3) is 5.91 Å². The van der Waals surface area contributed by atoms with Gasteiger partial charge in [0.05, 0.1) is 12.7 Å². The Morgan fingerprint density at radius 3 is 2.50 bits per heavy atom. The number of hydrogen-bond donors (Lipinski definition) is 0. The van der Waals surface area contributed by atoms with Crippen LogP contribution < -0.4 is 4.74 Å². The van der Waals surface area contributed by atoms with Crippen LogP contribution in [0.4, 0.5) is 0 Å². The van der Waals surface area contributed by atoms with Crippen LogP contribution in [0.2, 0.25) is 0 Å². The van der Waals surface area contributed by atoms with Gasteiger partial charge in [-0.1, -0.05) is 15.9 Å². The first-order valence-corrected chi connectivity index (χ1v) is 7.56. The highest BCUT2D eigenvalue weighted by molar-refractivity contribution is 9.10. The molecule has 0 spiro atoms. The van der Waals surface area contributed by atoms with Crippen molar-refractivity contribution in [3.8, 4) is 5.75 Å². The highest BCUT2D eigenvalue weighted by Crippen LogP contribution is 2.28. The van der Waals surface area contributed by atoms with Gasteiger partial charge in [0, 0.05) is 17.0 Å². The first-order valence-electron chi connectivity index (χ1n) is 4.40. The summed E-state index contributed by atoms with van der Waals surface area (Å²) in [5.41, 5.74) is 0.564. The Morgan fingerprint density at radius 2 is 2.00 bits per heavy atom. The van der Waals surface area contributed by atoms with Gasteiger partial charge in [0.2, 0.25) is 0 Å². The average molecular weight is 322 g/mol. The SMILES string of the molecule is COc1cc(Br)ccc1C(=O)N(SC)SC. The molecule has 1 aromatic rings. The zero-order valence-electron chi connectivity index (χ0n) is 9.19. The summed E-state index contributed by atoms with van der Waals surface area (Å²) in [7, 11) is 1.56. The molecule has 0 heterocycles. The molecule has 0 atom stereocenters. The van der Waals surface area contributed by atoms with Gasteiger partial charge >= 0.3 is 0 Å². The number of carbonyl (C=O) groups excluding carboxylic acids is 1. The number of amides is 1. The molecule has 0 bridgehead atoms. The molecule has 6 heteroatoms. The largest absolute Gasteiger partial charge is 0.496 e. The van der Waals surface area contributed by atoms with Crippen molar-refractivity contribution >= 4 is 45.7 Å². The summed E-state index contributed by atoms with van der Waals surface area (Å²) in [5.74, 6) is 0.511. The summed E-state index contributed by atoms with van der Waals surface area (Å²) in [6, 6.07) is 5.37. The molecular weight excluding hydrogens is 310 g/mol. The predicted molar refractivity (Wildman–Crippen MR) is 73.9 cm³/mol. The zero-order chi connectivity index (χ0) is 12.1. The third kappa shape index (κ3) is 3.09. The molecule has 3 nitrogen and oxygen atoms in total. The molecule has 0 aromatic heterocycles. The fourth-order valence-corrected chi connectivity index (χ4v) is 2.65. The summed E-state index contributed by atoms with van der Waals surface area (Å²) in [4.78, 5) is 12.1. The Balaban J connectivity index is 3.07. The monoisotopic (exact) mass is 321 g/mol. The lowest BCUT2D eigenvalue weighted by Gasteiger charge is -2.17. The Kier molecular flexibility index (Phi) is 5.51. The lowest BCUT2D eigenvalue weighted by molar-refractivity contribution is 0.0931. The molecule has 0 fully saturated rings. The Bertz CT molecular complexity index is 383. The van der Waals surface area contributed by atoms with Gasteiger partial charge < -0.3 is 4.74 Å². The van der Waals surface area contributed by atoms with Gasteiger partial charge in [0.1, 0.15) is 5.75 Å². The maximum Gasteiger partial charge on any atom is 0.277 e. The highest BCUT2D eigenvalue weighted by atomic mass is 79.9. The summed E-state index contributed by atoms with van der Waals surface area (Å²) >= 11 is 6.09. The van der Waals surface area contributed by atoms with E-state index in [2.05, 4.69) is 15.9 Å². The summed E-state index contributed by atoms with van der Waals surface area (Å²) in [5, 5.41) is 0. The molecule has 0 radical (unpaired) electrons. The number of nitrogens with zero attached hydrogens (tertiary/aromatic N) is 1. The fraction of sp³-hybridized carbons (Fsp3) is 0.300. The van der Waals surface area contributed by atoms with Crippen molar-refractivity contribution in [2.45, 2.75) is 0 Å². The van der Waals surface area contributed by atoms with Crippen LogP contribution in [-0.2, 0) is 0 Å². The third-order valence-corrected chi connectivity index (χ3v) is 4.27. The van der Waals surface area contributed by atoms with E-state index in [1.54, 1.807) is 23.0 Å². The normalized spacial score (nSPS) is 10.0. The van der Waals surface area contributed by atoms with Crippen LogP contribution in [-0.4, -0.2) is 29.2 Å². The van der Waals surface area contributed by atoms with Crippen LogP contribution in [0, 0.1) is 0 Å². The molecule has 0 N–H and O–H groups in total. The number of ether oxygens (including phenoxy) is 1. The highest BCUT2D eigenvalue weighted by Gasteiger charge is 2.18. The van der Waals surface area contributed by atoms with Crippen LogP contribution in [0.5, 0.6) is 5.75 Å². The second-order valence-electron chi connectivity index (χ2n) is 2.77. The number of methoxy groups -OCH3 is 1. The number of hydrogen-bond acceptors (Lipinski definition) is 4. The summed E-state index contributed by atoms with van der Waals surface area (Å²) in [6.45, 7) is 0. The zero-order valence-corrected chi connectivity index (χ0v) is 12.4. The molecule has 0 aliphatic carbocycles. The molecule has 0 aliphatic rings. The van der Waals surface area contributed by atoms with Gasteiger partial charge in [-0.05, 0) is 42.1 Å². The second-order valence-corrected chi connectivity index (χ2v) is 5.38. The summed E-state index contributed by atoms with van der Waals surface area (Å²) in [6.07, 6.45) is 3.72. The van der Waals surface area contributed by atoms with E-state index in [-0.39, 0.29) is 5.91 Å². The standard InChI is InChI=1S/C10H12BrNO2S2/c1-14-9-6-7(11)4-5-8(9)10(13)12(15-2)16-3/h4-6H,1-3H3. The first-order chi connectivity index (χ1) is 7.63. The van der Waals surface area contributed by atoms with Gasteiger partial charge in [-0.15, -0.1) is 0 Å². The van der Waals surface area contributed by atoms with Gasteiger partial charge in [0.15, 0.2) is 0 Å². The molecule has 1 amide bonds. The number of rotatable bonds is 4. The van der Waals surface area contributed by atoms with Gasteiger partial charge in [-0.25, -0.2) is 3.71 Å². The minimum Gasteiger partial charge on any atom is -0.496 e. The van der Waals surface area contributed by atoms with Crippen LogP contribution >= 0.6 is 39.8 Å². The quantitative estimate of drug-likeness (QED) is 0.794. The van der Waals surface area contributed by atoms with E-state index in [0.29, 0.717) is 11.3 Å². The minimum atomic E-state index is -0.0654. The lowest BCUT2D eigenvalue weighted by Crippen LogP contribution is -2.17. The lowest BCUT2D eigenvalue weighted by atomic mass is 10.2. The fourth-order valence-electron chi connectivity index (χ4n) is 1.18. The Labute approximate surface area is 112 Å². The van der Waals surface area contributed by atoms with Crippen LogP contribution in [0.1, 0.15) is 10.4 Å². The van der Waals surface area contributed by atoms with Crippen LogP contribution in [0.3, 0.4) is 0 Å². The molecule has 16 heavy (non-hydrogen) atoms. The maximum absolute atomic E-state index is 12.1. The van der Waals surface area contributed by atoms with Crippen molar-refractivity contribution in [2.75, 3.05) is 19.6 Å². The van der Waals surface area contributed by atoms with Crippen molar-refractivity contribution in [1.29, 1.82) is 0 Å². The van der Waals surface area contributed by atoms with Crippen molar-refractivity contribution in [1.82, 2.24) is 3.71 Å². The number of carbonyl (C=O) groups is 1. The van der Waals surface area contributed by atoms with Crippen molar-refractivity contribution in [2.24, 2.45) is 0 Å². The van der Waals surface area contributed by atoms with Crippen LogP contribution in [0.25, 0.3) is 0 Å². The number of halogens is 1. The van der Waals surface area contributed by atoms with E-state index in [9.17, 15) is 4.79 Å². The second kappa shape index (κ2) is 6.42. The Hall–Kier alpha value is -0.330. The molecule has 0 unspecified atom stereocenters. The van der Waals surface area contributed by atoms with E-state index in [4.69, 9.17) is 4.74 Å². The molecule has 1 rings (SSSR count). The summed E-state index contributed by atoms with van der Waals surface area (Å²) < 4.78 is 7.68. The van der Waals surface area contributed by atoms with Gasteiger partial charge in [-0.2, -0.15) is 0 Å². The van der Waals surface area contributed by atoms with Crippen molar-refractivity contribution < 1.29 is 9.53 Å². The van der Waals surface area contributed by atoms with E-state index in [1.807, 2.05) is 18.6 Å². The molecule has 0 aliphatic heterocycles. The molecule has 1 aromatic carbocycles. The maximum atomic E-state index is 12.1. The molecular formula is C10H12BrNO2S2. The topological polar surface area (TPSA) is 29.5 Å². The Morgan fingerprint density at radius 1 is 1.38 bits per heavy atom. The predicted octanol–water partition coefficient (Wildman–Crippen LogP) is 3.46. The van der Waals surface area contributed by atoms with Gasteiger partial charge in [-0.3, -0.25) is 4.79 Å². The third-order valence-electron chi connectivity index (χ3n) is 1.89. The van der Waals surface area contributed by atoms with E-state index < -0.39 is 0 Å². The van der Waals surface area contributed by atoms with Crippen molar-refractivity contribution in [3.63, 3.8) is 0 Å². The first kappa shape index (κ1) is 13.7. The van der Waals surface area contributed by atoms with E-state index in [0.717, 1.165) is 4.47 Å². The molecule has 88 valence electrons. The molecule has 0 saturated carbocycles. The van der Waals surface area contributed by atoms with E-state index in [1.165, 1.54) is 23.9 Å². The number of benzene rings is 1. The minimum absolute atomic E-state index is 0.0654. The van der Waals surface area contributed by atoms with E-state index >= 15 is 0 Å². The molecule has 0 saturated heterocycles. The smallest absolute Gasteiger partial charge is 0.277 e.